The van der Waals surface area contributed by atoms with Crippen molar-refractivity contribution in [2.75, 3.05) is 7.11 Å². The van der Waals surface area contributed by atoms with Crippen LogP contribution in [0.25, 0.3) is 22.5 Å². The molecule has 1 N–H and O–H groups in total. The number of ether oxygens (including phenoxy) is 2. The third kappa shape index (κ3) is 4.26. The highest BCUT2D eigenvalue weighted by Gasteiger charge is 2.40. The SMILES string of the molecule is CC[C@@]1(C)C=CC[C@@H](Oc2cnc(-c3ccc(-c4ccnc(OC)c4)cc3O)nn2)[C@H]1F. The number of methoxy groups -OCH3 is 1. The van der Waals surface area contributed by atoms with Crippen LogP contribution in [-0.2, 0) is 0 Å². The zero-order valence-corrected chi connectivity index (χ0v) is 18.2. The molecule has 32 heavy (non-hydrogen) atoms. The number of rotatable bonds is 6. The summed E-state index contributed by atoms with van der Waals surface area (Å²) in [5.74, 6) is 0.883. The molecule has 0 fully saturated rings. The van der Waals surface area contributed by atoms with Gasteiger partial charge in [0.15, 0.2) is 5.82 Å². The Morgan fingerprint density at radius 2 is 1.94 bits per heavy atom. The van der Waals surface area contributed by atoms with Gasteiger partial charge >= 0.3 is 0 Å². The molecule has 4 rings (SSSR count). The number of phenolic OH excluding ortho intramolecular Hbond substituents is 1. The van der Waals surface area contributed by atoms with Crippen molar-refractivity contribution < 1.29 is 19.0 Å². The van der Waals surface area contributed by atoms with Gasteiger partial charge in [-0.05, 0) is 35.7 Å². The maximum Gasteiger partial charge on any atom is 0.252 e. The summed E-state index contributed by atoms with van der Waals surface area (Å²) < 4.78 is 25.8. The Bertz CT molecular complexity index is 1120. The number of benzene rings is 1. The molecule has 2 heterocycles. The quantitative estimate of drug-likeness (QED) is 0.556. The van der Waals surface area contributed by atoms with Gasteiger partial charge in [0.25, 0.3) is 5.88 Å². The highest BCUT2D eigenvalue weighted by Crippen LogP contribution is 2.38. The van der Waals surface area contributed by atoms with E-state index in [0.717, 1.165) is 11.1 Å². The van der Waals surface area contributed by atoms with Crippen molar-refractivity contribution in [2.45, 2.75) is 39.0 Å². The van der Waals surface area contributed by atoms with E-state index in [9.17, 15) is 9.50 Å². The number of hydrogen-bond acceptors (Lipinski definition) is 7. The zero-order chi connectivity index (χ0) is 22.7. The van der Waals surface area contributed by atoms with Crippen LogP contribution in [-0.4, -0.2) is 44.7 Å². The average molecular weight is 436 g/mol. The summed E-state index contributed by atoms with van der Waals surface area (Å²) in [5.41, 5.74) is 1.51. The maximum absolute atomic E-state index is 14.9. The lowest BCUT2D eigenvalue weighted by molar-refractivity contribution is 0.0232. The number of pyridine rings is 1. The molecule has 0 aliphatic heterocycles. The standard InChI is InChI=1S/C24H25FN4O3/c1-4-24(2)10-5-6-19(22(24)25)32-21-14-27-23(29-28-21)17-8-7-15(12-18(17)30)16-9-11-26-20(13-16)31-3/h5,7-14,19,22,30H,4,6H2,1-3H3/t19-,22-,24+/m1/s1. The first-order chi connectivity index (χ1) is 15.4. The van der Waals surface area contributed by atoms with Crippen molar-refractivity contribution in [1.82, 2.24) is 20.2 Å². The van der Waals surface area contributed by atoms with Crippen LogP contribution in [0.5, 0.6) is 17.5 Å². The lowest BCUT2D eigenvalue weighted by Gasteiger charge is -2.36. The summed E-state index contributed by atoms with van der Waals surface area (Å²) in [4.78, 5) is 8.34. The van der Waals surface area contributed by atoms with E-state index in [2.05, 4.69) is 20.2 Å². The normalized spacial score (nSPS) is 22.5. The van der Waals surface area contributed by atoms with Crippen molar-refractivity contribution in [3.8, 4) is 40.0 Å². The Hall–Kier alpha value is -3.55. The minimum Gasteiger partial charge on any atom is -0.507 e. The van der Waals surface area contributed by atoms with E-state index in [0.29, 0.717) is 24.3 Å². The molecular formula is C24H25FN4O3. The van der Waals surface area contributed by atoms with Gasteiger partial charge in [-0.3, -0.25) is 0 Å². The average Bonchev–Trinajstić information content (AvgIpc) is 2.82. The van der Waals surface area contributed by atoms with Crippen LogP contribution < -0.4 is 9.47 Å². The van der Waals surface area contributed by atoms with E-state index in [4.69, 9.17) is 9.47 Å². The lowest BCUT2D eigenvalue weighted by Crippen LogP contribution is -2.42. The molecule has 0 bridgehead atoms. The van der Waals surface area contributed by atoms with Gasteiger partial charge in [0, 0.05) is 24.1 Å². The lowest BCUT2D eigenvalue weighted by atomic mass is 9.76. The number of nitrogens with zero attached hydrogens (tertiary/aromatic N) is 4. The molecule has 0 saturated carbocycles. The molecule has 0 radical (unpaired) electrons. The molecule has 1 aromatic carbocycles. The number of allylic oxidation sites excluding steroid dienone is 1. The number of alkyl halides is 1. The first-order valence-corrected chi connectivity index (χ1v) is 10.5. The number of aromatic hydroxyl groups is 1. The number of phenols is 1. The second-order valence-corrected chi connectivity index (χ2v) is 7.99. The molecule has 0 saturated heterocycles. The highest BCUT2D eigenvalue weighted by molar-refractivity contribution is 5.73. The van der Waals surface area contributed by atoms with Crippen LogP contribution in [0.4, 0.5) is 4.39 Å². The molecular weight excluding hydrogens is 411 g/mol. The van der Waals surface area contributed by atoms with Gasteiger partial charge in [0.2, 0.25) is 5.88 Å². The van der Waals surface area contributed by atoms with E-state index in [1.165, 1.54) is 6.20 Å². The van der Waals surface area contributed by atoms with Gasteiger partial charge in [-0.2, -0.15) is 0 Å². The fourth-order valence-electron chi connectivity index (χ4n) is 3.73. The Kier molecular flexibility index (Phi) is 6.03. The molecule has 0 amide bonds. The topological polar surface area (TPSA) is 90.3 Å². The highest BCUT2D eigenvalue weighted by atomic mass is 19.1. The Morgan fingerprint density at radius 1 is 1.12 bits per heavy atom. The third-order valence-electron chi connectivity index (χ3n) is 5.91. The number of halogens is 1. The molecule has 3 atom stereocenters. The number of aromatic nitrogens is 4. The van der Waals surface area contributed by atoms with Crippen molar-refractivity contribution in [2.24, 2.45) is 5.41 Å². The Labute approximate surface area is 186 Å². The van der Waals surface area contributed by atoms with E-state index in [1.807, 2.05) is 38.1 Å². The monoisotopic (exact) mass is 436 g/mol. The fraction of sp³-hybridized carbons (Fsp3) is 0.333. The predicted molar refractivity (Wildman–Crippen MR) is 118 cm³/mol. The summed E-state index contributed by atoms with van der Waals surface area (Å²) in [6.45, 7) is 3.84. The van der Waals surface area contributed by atoms with Gasteiger partial charge in [-0.1, -0.05) is 32.1 Å². The van der Waals surface area contributed by atoms with Gasteiger partial charge in [-0.15, -0.1) is 10.2 Å². The van der Waals surface area contributed by atoms with Crippen molar-refractivity contribution in [1.29, 1.82) is 0 Å². The third-order valence-corrected chi connectivity index (χ3v) is 5.91. The van der Waals surface area contributed by atoms with E-state index < -0.39 is 17.7 Å². The van der Waals surface area contributed by atoms with Gasteiger partial charge in [-0.25, -0.2) is 14.4 Å². The Balaban J connectivity index is 1.51. The van der Waals surface area contributed by atoms with Crippen molar-refractivity contribution in [3.05, 3.63) is 54.9 Å². The first-order valence-electron chi connectivity index (χ1n) is 10.5. The molecule has 0 unspecified atom stereocenters. The molecule has 1 aliphatic carbocycles. The molecule has 7 nitrogen and oxygen atoms in total. The zero-order valence-electron chi connectivity index (χ0n) is 18.2. The summed E-state index contributed by atoms with van der Waals surface area (Å²) >= 11 is 0. The molecule has 0 spiro atoms. The van der Waals surface area contributed by atoms with Crippen LogP contribution >= 0.6 is 0 Å². The fourth-order valence-corrected chi connectivity index (χ4v) is 3.73. The molecule has 1 aliphatic rings. The van der Waals surface area contributed by atoms with Gasteiger partial charge < -0.3 is 14.6 Å². The largest absolute Gasteiger partial charge is 0.507 e. The Morgan fingerprint density at radius 3 is 2.62 bits per heavy atom. The predicted octanol–water partition coefficient (Wildman–Crippen LogP) is 4.78. The van der Waals surface area contributed by atoms with Crippen LogP contribution in [0.3, 0.4) is 0 Å². The molecule has 2 aromatic heterocycles. The second-order valence-electron chi connectivity index (χ2n) is 7.99. The van der Waals surface area contributed by atoms with Gasteiger partial charge in [0.05, 0.1) is 18.9 Å². The summed E-state index contributed by atoms with van der Waals surface area (Å²) in [5, 5.41) is 18.6. The van der Waals surface area contributed by atoms with Crippen molar-refractivity contribution in [3.63, 3.8) is 0 Å². The van der Waals surface area contributed by atoms with Crippen molar-refractivity contribution >= 4 is 0 Å². The van der Waals surface area contributed by atoms with Crippen LogP contribution in [0, 0.1) is 5.41 Å². The number of hydrogen-bond donors (Lipinski definition) is 1. The maximum atomic E-state index is 14.9. The second kappa shape index (κ2) is 8.90. The summed E-state index contributed by atoms with van der Waals surface area (Å²) in [6, 6.07) is 8.77. The molecule has 166 valence electrons. The first kappa shape index (κ1) is 21.7. The summed E-state index contributed by atoms with van der Waals surface area (Å²) in [7, 11) is 1.55. The summed E-state index contributed by atoms with van der Waals surface area (Å²) in [6.07, 6.45) is 6.24. The van der Waals surface area contributed by atoms with E-state index in [-0.39, 0.29) is 17.5 Å². The minimum absolute atomic E-state index is 0.00806. The van der Waals surface area contributed by atoms with Crippen LogP contribution in [0.2, 0.25) is 0 Å². The molecule has 8 heteroatoms. The van der Waals surface area contributed by atoms with Gasteiger partial charge in [0.1, 0.15) is 18.0 Å². The smallest absolute Gasteiger partial charge is 0.252 e. The minimum atomic E-state index is -1.15. The van der Waals surface area contributed by atoms with E-state index >= 15 is 0 Å². The molecule has 3 aromatic rings. The van der Waals surface area contributed by atoms with Crippen LogP contribution in [0.15, 0.2) is 54.9 Å². The van der Waals surface area contributed by atoms with E-state index in [1.54, 1.807) is 31.5 Å². The van der Waals surface area contributed by atoms with Crippen LogP contribution in [0.1, 0.15) is 26.7 Å².